The summed E-state index contributed by atoms with van der Waals surface area (Å²) in [6.45, 7) is 1.87. The van der Waals surface area contributed by atoms with Gasteiger partial charge < -0.3 is 5.32 Å². The molecule has 0 radical (unpaired) electrons. The zero-order valence-electron chi connectivity index (χ0n) is 13.7. The second-order valence-corrected chi connectivity index (χ2v) is 8.55. The third kappa shape index (κ3) is 3.62. The number of nitrogens with one attached hydrogen (secondary N) is 1. The van der Waals surface area contributed by atoms with Gasteiger partial charge in [-0.2, -0.15) is 0 Å². The lowest BCUT2D eigenvalue weighted by Gasteiger charge is -2.10. The van der Waals surface area contributed by atoms with Gasteiger partial charge in [0.2, 0.25) is 5.91 Å². The van der Waals surface area contributed by atoms with Crippen LogP contribution in [0.1, 0.15) is 6.92 Å². The molecule has 8 heteroatoms. The molecule has 1 aromatic carbocycles. The maximum atomic E-state index is 12.5. The number of anilines is 1. The van der Waals surface area contributed by atoms with Crippen LogP contribution in [0.4, 0.5) is 5.13 Å². The van der Waals surface area contributed by atoms with E-state index < -0.39 is 0 Å². The highest BCUT2D eigenvalue weighted by atomic mass is 32.2. The molecule has 1 amide bonds. The monoisotopic (exact) mass is 398 g/mol. The topological polar surface area (TPSA) is 67.8 Å². The summed E-state index contributed by atoms with van der Waals surface area (Å²) in [7, 11) is 0. The van der Waals surface area contributed by atoms with Gasteiger partial charge in [-0.15, -0.1) is 22.7 Å². The number of benzene rings is 1. The number of nitrogens with zero attached hydrogens (tertiary/aromatic N) is 3. The van der Waals surface area contributed by atoms with Gasteiger partial charge in [0.15, 0.2) is 5.13 Å². The number of carbonyl (C=O) groups is 1. The summed E-state index contributed by atoms with van der Waals surface area (Å²) in [5, 5.41) is 8.95. The number of amides is 1. The van der Waals surface area contributed by atoms with E-state index in [1.54, 1.807) is 17.7 Å². The van der Waals surface area contributed by atoms with Crippen LogP contribution in [0, 0.1) is 0 Å². The average Bonchev–Trinajstić information content (AvgIpc) is 3.32. The van der Waals surface area contributed by atoms with Gasteiger partial charge in [0.25, 0.3) is 0 Å². The minimum Gasteiger partial charge on any atom is -0.301 e. The summed E-state index contributed by atoms with van der Waals surface area (Å²) >= 11 is 4.42. The molecule has 4 rings (SSSR count). The van der Waals surface area contributed by atoms with Crippen LogP contribution >= 0.6 is 34.4 Å². The first-order chi connectivity index (χ1) is 12.7. The van der Waals surface area contributed by atoms with Crippen molar-refractivity contribution in [2.24, 2.45) is 0 Å². The van der Waals surface area contributed by atoms with E-state index in [-0.39, 0.29) is 11.2 Å². The first kappa shape index (κ1) is 17.1. The van der Waals surface area contributed by atoms with E-state index in [1.807, 2.05) is 54.1 Å². The van der Waals surface area contributed by atoms with E-state index in [2.05, 4.69) is 20.3 Å². The Bertz CT molecular complexity index is 1040. The van der Waals surface area contributed by atoms with Gasteiger partial charge in [-0.05, 0) is 18.4 Å². The molecule has 0 saturated carbocycles. The third-order valence-corrected chi connectivity index (χ3v) is 6.38. The Morgan fingerprint density at radius 3 is 2.85 bits per heavy atom. The Morgan fingerprint density at radius 2 is 2.00 bits per heavy atom. The van der Waals surface area contributed by atoms with Crippen LogP contribution in [-0.2, 0) is 4.79 Å². The number of thiophene rings is 1. The smallest absolute Gasteiger partial charge is 0.239 e. The van der Waals surface area contributed by atoms with Gasteiger partial charge in [0, 0.05) is 16.3 Å². The van der Waals surface area contributed by atoms with Gasteiger partial charge in [-0.25, -0.2) is 15.0 Å². The van der Waals surface area contributed by atoms with Crippen LogP contribution in [0.15, 0.2) is 58.5 Å². The van der Waals surface area contributed by atoms with Crippen LogP contribution in [-0.4, -0.2) is 26.1 Å². The largest absolute Gasteiger partial charge is 0.301 e. The molecule has 5 nitrogen and oxygen atoms in total. The lowest BCUT2D eigenvalue weighted by molar-refractivity contribution is -0.115. The number of hydrogen-bond donors (Lipinski definition) is 1. The standard InChI is InChI=1S/C18H14N4OS3/c1-11(26-17-13-7-8-24-16(13)19-10-20-17)15(23)22-18-21-14(9-25-18)12-5-3-2-4-6-12/h2-11H,1H3,(H,21,22,23)/t11-/m0/s1. The van der Waals surface area contributed by atoms with E-state index in [9.17, 15) is 4.79 Å². The number of thiazole rings is 1. The highest BCUT2D eigenvalue weighted by Crippen LogP contribution is 2.31. The van der Waals surface area contributed by atoms with Crippen molar-refractivity contribution in [1.82, 2.24) is 15.0 Å². The van der Waals surface area contributed by atoms with E-state index in [0.717, 1.165) is 26.5 Å². The highest BCUT2D eigenvalue weighted by Gasteiger charge is 2.18. The van der Waals surface area contributed by atoms with Gasteiger partial charge in [-0.1, -0.05) is 42.1 Å². The number of hydrogen-bond acceptors (Lipinski definition) is 7. The maximum absolute atomic E-state index is 12.5. The second kappa shape index (κ2) is 7.53. The van der Waals surface area contributed by atoms with Crippen LogP contribution < -0.4 is 5.32 Å². The number of carbonyl (C=O) groups excluding carboxylic acids is 1. The minimum absolute atomic E-state index is 0.0917. The van der Waals surface area contributed by atoms with Crippen molar-refractivity contribution in [2.45, 2.75) is 17.2 Å². The number of aromatic nitrogens is 3. The van der Waals surface area contributed by atoms with Crippen molar-refractivity contribution in [1.29, 1.82) is 0 Å². The molecular weight excluding hydrogens is 384 g/mol. The highest BCUT2D eigenvalue weighted by molar-refractivity contribution is 8.00. The molecule has 0 aliphatic heterocycles. The zero-order chi connectivity index (χ0) is 17.9. The molecule has 0 fully saturated rings. The zero-order valence-corrected chi connectivity index (χ0v) is 16.2. The Balaban J connectivity index is 1.45. The molecule has 0 aliphatic rings. The third-order valence-electron chi connectivity index (χ3n) is 3.69. The first-order valence-electron chi connectivity index (χ1n) is 7.87. The van der Waals surface area contributed by atoms with Crippen LogP contribution in [0.25, 0.3) is 21.5 Å². The molecule has 3 heterocycles. The molecule has 130 valence electrons. The molecule has 3 aromatic heterocycles. The van der Waals surface area contributed by atoms with Crippen molar-refractivity contribution in [3.63, 3.8) is 0 Å². The molecule has 1 atom stereocenters. The van der Waals surface area contributed by atoms with E-state index in [0.29, 0.717) is 5.13 Å². The van der Waals surface area contributed by atoms with Gasteiger partial charge >= 0.3 is 0 Å². The van der Waals surface area contributed by atoms with Crippen LogP contribution in [0.5, 0.6) is 0 Å². The first-order valence-corrected chi connectivity index (χ1v) is 10.5. The number of fused-ring (bicyclic) bond motifs is 1. The van der Waals surface area contributed by atoms with E-state index in [4.69, 9.17) is 0 Å². The predicted octanol–water partition coefficient (Wildman–Crippen LogP) is 4.93. The summed E-state index contributed by atoms with van der Waals surface area (Å²) in [6.07, 6.45) is 1.54. The predicted molar refractivity (Wildman–Crippen MR) is 109 cm³/mol. The van der Waals surface area contributed by atoms with Crippen molar-refractivity contribution < 1.29 is 4.79 Å². The number of rotatable bonds is 5. The molecule has 0 spiro atoms. The lowest BCUT2D eigenvalue weighted by Crippen LogP contribution is -2.22. The van der Waals surface area contributed by atoms with Crippen molar-refractivity contribution >= 4 is 55.7 Å². The summed E-state index contributed by atoms with van der Waals surface area (Å²) in [5.74, 6) is -0.0917. The SMILES string of the molecule is C[C@H](Sc1ncnc2sccc12)C(=O)Nc1nc(-c2ccccc2)cs1. The normalized spacial score (nSPS) is 12.2. The second-order valence-electron chi connectivity index (χ2n) is 5.47. The molecule has 1 N–H and O–H groups in total. The van der Waals surface area contributed by atoms with Crippen molar-refractivity contribution in [2.75, 3.05) is 5.32 Å². The Kier molecular flexibility index (Phi) is 4.96. The number of thioether (sulfide) groups is 1. The molecule has 0 bridgehead atoms. The Morgan fingerprint density at radius 1 is 1.15 bits per heavy atom. The Hall–Kier alpha value is -2.29. The van der Waals surface area contributed by atoms with Gasteiger partial charge in [0.1, 0.15) is 16.2 Å². The fraction of sp³-hybridized carbons (Fsp3) is 0.111. The fourth-order valence-electron chi connectivity index (χ4n) is 2.36. The Labute approximate surface area is 162 Å². The molecule has 26 heavy (non-hydrogen) atoms. The minimum atomic E-state index is -0.294. The quantitative estimate of drug-likeness (QED) is 0.381. The van der Waals surface area contributed by atoms with Crippen molar-refractivity contribution in [3.8, 4) is 11.3 Å². The molecule has 0 saturated heterocycles. The van der Waals surface area contributed by atoms with Crippen LogP contribution in [0.2, 0.25) is 0 Å². The molecule has 4 aromatic rings. The molecule has 0 unspecified atom stereocenters. The van der Waals surface area contributed by atoms with Crippen LogP contribution in [0.3, 0.4) is 0 Å². The maximum Gasteiger partial charge on any atom is 0.239 e. The summed E-state index contributed by atoms with van der Waals surface area (Å²) < 4.78 is 0. The van der Waals surface area contributed by atoms with Crippen molar-refractivity contribution in [3.05, 3.63) is 53.5 Å². The summed E-state index contributed by atoms with van der Waals surface area (Å²) in [6, 6.07) is 11.9. The average molecular weight is 399 g/mol. The van der Waals surface area contributed by atoms with Gasteiger partial charge in [-0.3, -0.25) is 4.79 Å². The molecule has 0 aliphatic carbocycles. The molecular formula is C18H14N4OS3. The van der Waals surface area contributed by atoms with Gasteiger partial charge in [0.05, 0.1) is 10.9 Å². The fourth-order valence-corrected chi connectivity index (χ4v) is 4.78. The summed E-state index contributed by atoms with van der Waals surface area (Å²) in [4.78, 5) is 26.5. The van der Waals surface area contributed by atoms with E-state index >= 15 is 0 Å². The lowest BCUT2D eigenvalue weighted by atomic mass is 10.2. The van der Waals surface area contributed by atoms with E-state index in [1.165, 1.54) is 23.1 Å². The summed E-state index contributed by atoms with van der Waals surface area (Å²) in [5.41, 5.74) is 1.90.